The first-order valence-electron chi connectivity index (χ1n) is 9.23. The largest absolute Gasteiger partial charge is 0.368 e. The van der Waals surface area contributed by atoms with Crippen LogP contribution in [0.2, 0.25) is 0 Å². The van der Waals surface area contributed by atoms with Crippen LogP contribution in [0, 0.1) is 0 Å². The number of hydrogen-bond donors (Lipinski definition) is 0. The summed E-state index contributed by atoms with van der Waals surface area (Å²) in [7, 11) is 0. The Hall–Kier alpha value is -2.82. The van der Waals surface area contributed by atoms with Crippen LogP contribution in [0.4, 0.5) is 11.4 Å². The molecule has 0 aromatic heterocycles. The Bertz CT molecular complexity index is 798. The Morgan fingerprint density at radius 1 is 0.808 bits per heavy atom. The molecular formula is C21H23N3O2. The topological polar surface area (TPSA) is 43.9 Å². The van der Waals surface area contributed by atoms with E-state index in [4.69, 9.17) is 0 Å². The zero-order chi connectivity index (χ0) is 17.9. The second-order valence-electron chi connectivity index (χ2n) is 6.78. The molecule has 5 heteroatoms. The molecule has 0 saturated carbocycles. The molecule has 0 spiro atoms. The van der Waals surface area contributed by atoms with Crippen molar-refractivity contribution in [1.82, 2.24) is 4.90 Å². The van der Waals surface area contributed by atoms with E-state index >= 15 is 0 Å². The summed E-state index contributed by atoms with van der Waals surface area (Å²) in [5, 5.41) is 0. The highest BCUT2D eigenvalue weighted by Crippen LogP contribution is 2.27. The molecule has 2 aromatic rings. The number of carbonyl (C=O) groups excluding carboxylic acids is 2. The van der Waals surface area contributed by atoms with Gasteiger partial charge in [-0.3, -0.25) is 9.59 Å². The van der Waals surface area contributed by atoms with E-state index in [1.165, 1.54) is 5.69 Å². The van der Waals surface area contributed by atoms with E-state index in [0.717, 1.165) is 25.2 Å². The first-order chi connectivity index (χ1) is 12.7. The predicted molar refractivity (Wildman–Crippen MR) is 103 cm³/mol. The monoisotopic (exact) mass is 349 g/mol. The van der Waals surface area contributed by atoms with Crippen molar-refractivity contribution in [2.45, 2.75) is 12.8 Å². The predicted octanol–water partition coefficient (Wildman–Crippen LogP) is 2.78. The molecule has 2 aliphatic heterocycles. The molecule has 0 aliphatic carbocycles. The van der Waals surface area contributed by atoms with Gasteiger partial charge in [0.25, 0.3) is 5.91 Å². The van der Waals surface area contributed by atoms with E-state index in [1.807, 2.05) is 47.4 Å². The van der Waals surface area contributed by atoms with Crippen LogP contribution in [0.25, 0.3) is 0 Å². The summed E-state index contributed by atoms with van der Waals surface area (Å²) in [6.45, 7) is 3.72. The third-order valence-corrected chi connectivity index (χ3v) is 5.19. The van der Waals surface area contributed by atoms with Gasteiger partial charge in [0.15, 0.2) is 0 Å². The quantitative estimate of drug-likeness (QED) is 0.856. The average molecular weight is 349 g/mol. The number of para-hydroxylation sites is 2. The van der Waals surface area contributed by atoms with Crippen LogP contribution in [0.5, 0.6) is 0 Å². The third-order valence-electron chi connectivity index (χ3n) is 5.19. The summed E-state index contributed by atoms with van der Waals surface area (Å²) >= 11 is 0. The first-order valence-corrected chi connectivity index (χ1v) is 9.23. The lowest BCUT2D eigenvalue weighted by molar-refractivity contribution is -0.117. The Morgan fingerprint density at radius 3 is 2.19 bits per heavy atom. The number of piperazine rings is 1. The van der Waals surface area contributed by atoms with E-state index in [1.54, 1.807) is 4.90 Å². The van der Waals surface area contributed by atoms with Crippen LogP contribution in [0.3, 0.4) is 0 Å². The van der Waals surface area contributed by atoms with Crippen molar-refractivity contribution in [3.63, 3.8) is 0 Å². The molecule has 2 aromatic carbocycles. The summed E-state index contributed by atoms with van der Waals surface area (Å²) in [5.41, 5.74) is 2.59. The van der Waals surface area contributed by atoms with Crippen LogP contribution < -0.4 is 9.80 Å². The molecule has 4 rings (SSSR count). The van der Waals surface area contributed by atoms with Crippen LogP contribution in [0.1, 0.15) is 23.2 Å². The zero-order valence-corrected chi connectivity index (χ0v) is 14.8. The minimum atomic E-state index is 0.0213. The lowest BCUT2D eigenvalue weighted by atomic mass is 10.1. The molecule has 0 bridgehead atoms. The zero-order valence-electron chi connectivity index (χ0n) is 14.8. The maximum absolute atomic E-state index is 13.1. The Kier molecular flexibility index (Phi) is 4.61. The maximum Gasteiger partial charge on any atom is 0.256 e. The van der Waals surface area contributed by atoms with Gasteiger partial charge >= 0.3 is 0 Å². The summed E-state index contributed by atoms with van der Waals surface area (Å²) in [4.78, 5) is 31.2. The van der Waals surface area contributed by atoms with Gasteiger partial charge in [-0.1, -0.05) is 30.3 Å². The molecule has 2 heterocycles. The SMILES string of the molecule is O=C(c1ccccc1N1CCCC1=O)N1CCN(c2ccccc2)CC1. The van der Waals surface area contributed by atoms with Crippen LogP contribution in [-0.4, -0.2) is 49.4 Å². The van der Waals surface area contributed by atoms with Crippen molar-refractivity contribution in [3.8, 4) is 0 Å². The number of nitrogens with zero attached hydrogens (tertiary/aromatic N) is 3. The van der Waals surface area contributed by atoms with Crippen molar-refractivity contribution in [1.29, 1.82) is 0 Å². The Balaban J connectivity index is 1.48. The van der Waals surface area contributed by atoms with Gasteiger partial charge in [-0.25, -0.2) is 0 Å². The van der Waals surface area contributed by atoms with Gasteiger partial charge in [0.2, 0.25) is 5.91 Å². The van der Waals surface area contributed by atoms with Crippen molar-refractivity contribution >= 4 is 23.2 Å². The van der Waals surface area contributed by atoms with Crippen molar-refractivity contribution in [2.75, 3.05) is 42.5 Å². The van der Waals surface area contributed by atoms with Gasteiger partial charge in [0.1, 0.15) is 0 Å². The first kappa shape index (κ1) is 16.6. The molecule has 2 saturated heterocycles. The Morgan fingerprint density at radius 2 is 1.50 bits per heavy atom. The standard InChI is InChI=1S/C21H23N3O2/c25-20-11-6-12-24(20)19-10-5-4-9-18(19)21(26)23-15-13-22(14-16-23)17-7-2-1-3-8-17/h1-5,7-10H,6,11-16H2. The van der Waals surface area contributed by atoms with Crippen LogP contribution >= 0.6 is 0 Å². The number of carbonyl (C=O) groups is 2. The van der Waals surface area contributed by atoms with E-state index in [2.05, 4.69) is 17.0 Å². The molecule has 5 nitrogen and oxygen atoms in total. The third kappa shape index (κ3) is 3.17. The molecule has 2 amide bonds. The van der Waals surface area contributed by atoms with Gasteiger partial charge in [-0.05, 0) is 30.7 Å². The number of rotatable bonds is 3. The van der Waals surface area contributed by atoms with Crippen molar-refractivity contribution in [3.05, 3.63) is 60.2 Å². The summed E-state index contributed by atoms with van der Waals surface area (Å²) < 4.78 is 0. The Labute approximate surface area is 153 Å². The van der Waals surface area contributed by atoms with Gasteiger partial charge in [0, 0.05) is 44.8 Å². The summed E-state index contributed by atoms with van der Waals surface area (Å²) in [6, 6.07) is 17.8. The van der Waals surface area contributed by atoms with Crippen molar-refractivity contribution < 1.29 is 9.59 Å². The van der Waals surface area contributed by atoms with Gasteiger partial charge in [-0.2, -0.15) is 0 Å². The summed E-state index contributed by atoms with van der Waals surface area (Å²) in [5.74, 6) is 0.132. The molecule has 0 atom stereocenters. The lowest BCUT2D eigenvalue weighted by Crippen LogP contribution is -2.49. The molecule has 26 heavy (non-hydrogen) atoms. The smallest absolute Gasteiger partial charge is 0.256 e. The fraction of sp³-hybridized carbons (Fsp3) is 0.333. The minimum Gasteiger partial charge on any atom is -0.368 e. The number of hydrogen-bond acceptors (Lipinski definition) is 3. The molecule has 0 unspecified atom stereocenters. The number of benzene rings is 2. The fourth-order valence-electron chi connectivity index (χ4n) is 3.77. The molecule has 134 valence electrons. The minimum absolute atomic E-state index is 0.0213. The molecule has 2 fully saturated rings. The number of amides is 2. The van der Waals surface area contributed by atoms with E-state index in [0.29, 0.717) is 31.6 Å². The van der Waals surface area contributed by atoms with Crippen LogP contribution in [-0.2, 0) is 4.79 Å². The van der Waals surface area contributed by atoms with Gasteiger partial charge in [-0.15, -0.1) is 0 Å². The molecule has 0 radical (unpaired) electrons. The normalized spacial score (nSPS) is 17.7. The van der Waals surface area contributed by atoms with E-state index < -0.39 is 0 Å². The number of anilines is 2. The maximum atomic E-state index is 13.1. The second-order valence-corrected chi connectivity index (χ2v) is 6.78. The van der Waals surface area contributed by atoms with Gasteiger partial charge in [0.05, 0.1) is 11.3 Å². The summed E-state index contributed by atoms with van der Waals surface area (Å²) in [6.07, 6.45) is 1.43. The highest BCUT2D eigenvalue weighted by molar-refractivity contribution is 6.05. The lowest BCUT2D eigenvalue weighted by Gasteiger charge is -2.36. The van der Waals surface area contributed by atoms with E-state index in [9.17, 15) is 9.59 Å². The molecular weight excluding hydrogens is 326 g/mol. The van der Waals surface area contributed by atoms with Crippen molar-refractivity contribution in [2.24, 2.45) is 0 Å². The van der Waals surface area contributed by atoms with Crippen LogP contribution in [0.15, 0.2) is 54.6 Å². The highest BCUT2D eigenvalue weighted by Gasteiger charge is 2.28. The van der Waals surface area contributed by atoms with E-state index in [-0.39, 0.29) is 11.8 Å². The second kappa shape index (κ2) is 7.20. The highest BCUT2D eigenvalue weighted by atomic mass is 16.2. The van der Waals surface area contributed by atoms with Gasteiger partial charge < -0.3 is 14.7 Å². The fourth-order valence-corrected chi connectivity index (χ4v) is 3.77. The average Bonchev–Trinajstić information content (AvgIpc) is 3.14. The molecule has 0 N–H and O–H groups in total. The molecule has 2 aliphatic rings.